The minimum absolute atomic E-state index is 0.0919. The molecule has 3 aromatic rings. The van der Waals surface area contributed by atoms with E-state index in [1.54, 1.807) is 7.11 Å². The molecule has 3 aromatic carbocycles. The van der Waals surface area contributed by atoms with Crippen LogP contribution in [0.1, 0.15) is 42.9 Å². The van der Waals surface area contributed by atoms with E-state index in [0.717, 1.165) is 47.8 Å². The summed E-state index contributed by atoms with van der Waals surface area (Å²) in [6.07, 6.45) is 4.40. The quantitative estimate of drug-likeness (QED) is 0.654. The lowest BCUT2D eigenvalue weighted by atomic mass is 9.78. The van der Waals surface area contributed by atoms with Gasteiger partial charge in [-0.1, -0.05) is 67.4 Å². The predicted molar refractivity (Wildman–Crippen MR) is 117 cm³/mol. The molecule has 1 aliphatic carbocycles. The maximum Gasteiger partial charge on any atom is 0.241 e. The molecule has 3 N–H and O–H groups in total. The highest BCUT2D eigenvalue weighted by molar-refractivity contribution is 5.87. The van der Waals surface area contributed by atoms with Gasteiger partial charge in [-0.15, -0.1) is 0 Å². The van der Waals surface area contributed by atoms with Crippen LogP contribution in [0.5, 0.6) is 5.75 Å². The van der Waals surface area contributed by atoms with Crippen LogP contribution < -0.4 is 15.8 Å². The summed E-state index contributed by atoms with van der Waals surface area (Å²) in [6.45, 7) is 0.577. The highest BCUT2D eigenvalue weighted by atomic mass is 16.5. The number of carbonyl (C=O) groups is 1. The number of nitrogens with one attached hydrogen (secondary N) is 1. The second kappa shape index (κ2) is 8.26. The molecule has 4 nitrogen and oxygen atoms in total. The van der Waals surface area contributed by atoms with Crippen LogP contribution in [0.25, 0.3) is 10.8 Å². The first kappa shape index (κ1) is 19.5. The van der Waals surface area contributed by atoms with E-state index >= 15 is 0 Å². The Morgan fingerprint density at radius 3 is 2.48 bits per heavy atom. The van der Waals surface area contributed by atoms with Gasteiger partial charge in [-0.2, -0.15) is 0 Å². The van der Waals surface area contributed by atoms with E-state index in [9.17, 15) is 4.79 Å². The van der Waals surface area contributed by atoms with E-state index in [-0.39, 0.29) is 11.3 Å². The van der Waals surface area contributed by atoms with Crippen LogP contribution in [0, 0.1) is 0 Å². The van der Waals surface area contributed by atoms with Crippen LogP contribution in [0.2, 0.25) is 0 Å². The number of ether oxygens (including phenoxy) is 1. The summed E-state index contributed by atoms with van der Waals surface area (Å²) < 4.78 is 5.61. The fraction of sp³-hybridized carbons (Fsp3) is 0.320. The number of nitrogens with two attached hydrogens (primary N) is 1. The van der Waals surface area contributed by atoms with Gasteiger partial charge in [0.25, 0.3) is 0 Å². The number of fused-ring (bicyclic) bond motifs is 1. The molecule has 1 amide bonds. The number of hydrogen-bond acceptors (Lipinski definition) is 3. The second-order valence-electron chi connectivity index (χ2n) is 7.99. The zero-order chi connectivity index (χ0) is 20.3. The van der Waals surface area contributed by atoms with Gasteiger partial charge in [-0.05, 0) is 41.3 Å². The van der Waals surface area contributed by atoms with Crippen molar-refractivity contribution in [3.63, 3.8) is 0 Å². The summed E-state index contributed by atoms with van der Waals surface area (Å²) in [4.78, 5) is 12.9. The first-order valence-corrected chi connectivity index (χ1v) is 10.3. The molecule has 0 aromatic heterocycles. The van der Waals surface area contributed by atoms with Crippen LogP contribution in [0.3, 0.4) is 0 Å². The first-order chi connectivity index (χ1) is 14.1. The number of methoxy groups -OCH3 is 1. The zero-order valence-corrected chi connectivity index (χ0v) is 16.9. The summed E-state index contributed by atoms with van der Waals surface area (Å²) in [5, 5.41) is 5.38. The lowest BCUT2D eigenvalue weighted by Gasteiger charge is -2.32. The topological polar surface area (TPSA) is 64.3 Å². The Balaban J connectivity index is 1.52. The molecule has 0 bridgehead atoms. The molecule has 1 fully saturated rings. The standard InChI is InChI=1S/C25H28N2O2/c1-29-22-11-5-4-10-21(22)25(14-6-7-15-25)17-27-24(28)23(26)20-13-12-18-8-2-3-9-19(18)16-20/h2-5,8-13,16,23H,6-7,14-15,17,26H2,1H3,(H,27,28). The number of rotatable bonds is 6. The molecule has 1 unspecified atom stereocenters. The lowest BCUT2D eigenvalue weighted by molar-refractivity contribution is -0.122. The summed E-state index contributed by atoms with van der Waals surface area (Å²) in [5.74, 6) is 0.754. The van der Waals surface area contributed by atoms with E-state index in [0.29, 0.717) is 6.54 Å². The summed E-state index contributed by atoms with van der Waals surface area (Å²) in [6, 6.07) is 21.5. The van der Waals surface area contributed by atoms with Gasteiger partial charge in [0.05, 0.1) is 7.11 Å². The van der Waals surface area contributed by atoms with Crippen LogP contribution in [0.15, 0.2) is 66.7 Å². The molecular weight excluding hydrogens is 360 g/mol. The first-order valence-electron chi connectivity index (χ1n) is 10.3. The van der Waals surface area contributed by atoms with Crippen LogP contribution in [0.4, 0.5) is 0 Å². The summed E-state index contributed by atoms with van der Waals surface area (Å²) in [7, 11) is 1.70. The maximum atomic E-state index is 12.9. The normalized spacial score (nSPS) is 16.5. The van der Waals surface area contributed by atoms with Crippen molar-refractivity contribution in [1.29, 1.82) is 0 Å². The van der Waals surface area contributed by atoms with Gasteiger partial charge < -0.3 is 15.8 Å². The Labute approximate surface area is 172 Å². The van der Waals surface area contributed by atoms with Crippen LogP contribution >= 0.6 is 0 Å². The molecule has 1 saturated carbocycles. The van der Waals surface area contributed by atoms with Crippen molar-refractivity contribution in [1.82, 2.24) is 5.32 Å². The largest absolute Gasteiger partial charge is 0.496 e. The van der Waals surface area contributed by atoms with Crippen molar-refractivity contribution < 1.29 is 9.53 Å². The predicted octanol–water partition coefficient (Wildman–Crippen LogP) is 4.48. The van der Waals surface area contributed by atoms with Crippen molar-refractivity contribution in [3.05, 3.63) is 77.9 Å². The van der Waals surface area contributed by atoms with E-state index in [1.165, 1.54) is 5.56 Å². The summed E-state index contributed by atoms with van der Waals surface area (Å²) in [5.41, 5.74) is 8.24. The molecule has 150 valence electrons. The Morgan fingerprint density at radius 2 is 1.72 bits per heavy atom. The highest BCUT2D eigenvalue weighted by Crippen LogP contribution is 2.44. The van der Waals surface area contributed by atoms with E-state index in [4.69, 9.17) is 10.5 Å². The molecule has 0 aliphatic heterocycles. The van der Waals surface area contributed by atoms with E-state index in [2.05, 4.69) is 17.4 Å². The molecule has 1 atom stereocenters. The molecule has 0 heterocycles. The third-order valence-corrected chi connectivity index (χ3v) is 6.26. The van der Waals surface area contributed by atoms with Crippen molar-refractivity contribution in [2.24, 2.45) is 5.73 Å². The van der Waals surface area contributed by atoms with Gasteiger partial charge in [0.2, 0.25) is 5.91 Å². The molecule has 29 heavy (non-hydrogen) atoms. The van der Waals surface area contributed by atoms with Crippen molar-refractivity contribution in [2.45, 2.75) is 37.1 Å². The Kier molecular flexibility index (Phi) is 5.54. The second-order valence-corrected chi connectivity index (χ2v) is 7.99. The Morgan fingerprint density at radius 1 is 1.03 bits per heavy atom. The number of amides is 1. The monoisotopic (exact) mass is 388 g/mol. The minimum Gasteiger partial charge on any atom is -0.496 e. The highest BCUT2D eigenvalue weighted by Gasteiger charge is 2.38. The SMILES string of the molecule is COc1ccccc1C1(CNC(=O)C(N)c2ccc3ccccc3c2)CCCC1. The molecule has 4 rings (SSSR count). The molecule has 0 saturated heterocycles. The zero-order valence-electron chi connectivity index (χ0n) is 16.9. The van der Waals surface area contributed by atoms with E-state index < -0.39 is 6.04 Å². The number of carbonyl (C=O) groups excluding carboxylic acids is 1. The van der Waals surface area contributed by atoms with Gasteiger partial charge in [0.1, 0.15) is 11.8 Å². The lowest BCUT2D eigenvalue weighted by Crippen LogP contribution is -2.42. The molecule has 4 heteroatoms. The van der Waals surface area contributed by atoms with Gasteiger partial charge in [0, 0.05) is 17.5 Å². The fourth-order valence-electron chi connectivity index (χ4n) is 4.59. The van der Waals surface area contributed by atoms with Gasteiger partial charge in [-0.3, -0.25) is 4.79 Å². The van der Waals surface area contributed by atoms with Crippen molar-refractivity contribution >= 4 is 16.7 Å². The number of para-hydroxylation sites is 1. The molecule has 1 aliphatic rings. The van der Waals surface area contributed by atoms with Gasteiger partial charge in [0.15, 0.2) is 0 Å². The maximum absolute atomic E-state index is 12.9. The smallest absolute Gasteiger partial charge is 0.241 e. The molecular formula is C25H28N2O2. The van der Waals surface area contributed by atoms with Crippen molar-refractivity contribution in [2.75, 3.05) is 13.7 Å². The Hall–Kier alpha value is -2.85. The van der Waals surface area contributed by atoms with Crippen LogP contribution in [-0.4, -0.2) is 19.6 Å². The average Bonchev–Trinajstić information content (AvgIpc) is 3.26. The minimum atomic E-state index is -0.685. The average molecular weight is 389 g/mol. The third-order valence-electron chi connectivity index (χ3n) is 6.26. The molecule has 0 spiro atoms. The Bertz CT molecular complexity index is 1010. The third kappa shape index (κ3) is 3.85. The number of hydrogen-bond donors (Lipinski definition) is 2. The van der Waals surface area contributed by atoms with Gasteiger partial charge in [-0.25, -0.2) is 0 Å². The van der Waals surface area contributed by atoms with Crippen molar-refractivity contribution in [3.8, 4) is 5.75 Å². The summed E-state index contributed by atoms with van der Waals surface area (Å²) >= 11 is 0. The fourth-order valence-corrected chi connectivity index (χ4v) is 4.59. The van der Waals surface area contributed by atoms with Crippen LogP contribution in [-0.2, 0) is 10.2 Å². The number of benzene rings is 3. The van der Waals surface area contributed by atoms with Gasteiger partial charge >= 0.3 is 0 Å². The van der Waals surface area contributed by atoms with E-state index in [1.807, 2.05) is 54.6 Å². The molecule has 0 radical (unpaired) electrons.